The van der Waals surface area contributed by atoms with Crippen LogP contribution in [-0.2, 0) is 9.84 Å². The molecule has 1 heterocycles. The number of nitrogens with two attached hydrogens (primary N) is 1. The average molecular weight is 161 g/mol. The van der Waals surface area contributed by atoms with Crippen LogP contribution < -0.4 is 5.73 Å². The third-order valence-corrected chi connectivity index (χ3v) is 4.65. The summed E-state index contributed by atoms with van der Waals surface area (Å²) in [5, 5.41) is 0. The summed E-state index contributed by atoms with van der Waals surface area (Å²) < 4.78 is 22.0. The molecule has 0 aromatic heterocycles. The minimum absolute atomic E-state index is 0.0266. The van der Waals surface area contributed by atoms with Crippen molar-refractivity contribution >= 4 is 9.84 Å². The van der Waals surface area contributed by atoms with Gasteiger partial charge >= 0.3 is 0 Å². The zero-order chi connectivity index (χ0) is 7.41. The normalized spacial score (nSPS) is 48.7. The van der Waals surface area contributed by atoms with Gasteiger partial charge in [0.2, 0.25) is 0 Å². The van der Waals surface area contributed by atoms with Crippen LogP contribution in [0.15, 0.2) is 0 Å². The van der Waals surface area contributed by atoms with Crippen LogP contribution in [0.5, 0.6) is 0 Å². The Hall–Kier alpha value is -0.0900. The Bertz CT molecular complexity index is 255. The maximum Gasteiger partial charge on any atom is 0.151 e. The van der Waals surface area contributed by atoms with Crippen molar-refractivity contribution < 1.29 is 8.42 Å². The fourth-order valence-corrected chi connectivity index (χ4v) is 4.51. The van der Waals surface area contributed by atoms with Gasteiger partial charge in [-0.25, -0.2) is 8.42 Å². The number of rotatable bonds is 1. The molecule has 10 heavy (non-hydrogen) atoms. The second-order valence-electron chi connectivity index (χ2n) is 3.52. The predicted molar refractivity (Wildman–Crippen MR) is 38.2 cm³/mol. The summed E-state index contributed by atoms with van der Waals surface area (Å²) in [6.45, 7) is 0.552. The van der Waals surface area contributed by atoms with Crippen LogP contribution in [0.25, 0.3) is 0 Å². The Labute approximate surface area is 60.5 Å². The summed E-state index contributed by atoms with van der Waals surface area (Å²) >= 11 is 0. The molecule has 0 bridgehead atoms. The first-order chi connectivity index (χ1) is 4.58. The molecule has 58 valence electrons. The minimum Gasteiger partial charge on any atom is -0.330 e. The molecule has 1 saturated heterocycles. The van der Waals surface area contributed by atoms with Gasteiger partial charge in [0.1, 0.15) is 0 Å². The molecule has 1 saturated carbocycles. The van der Waals surface area contributed by atoms with Gasteiger partial charge in [-0.1, -0.05) is 0 Å². The van der Waals surface area contributed by atoms with E-state index in [1.54, 1.807) is 0 Å². The van der Waals surface area contributed by atoms with Crippen molar-refractivity contribution in [1.29, 1.82) is 0 Å². The largest absolute Gasteiger partial charge is 0.330 e. The van der Waals surface area contributed by atoms with Gasteiger partial charge in [0, 0.05) is 5.41 Å². The number of sulfone groups is 1. The Morgan fingerprint density at radius 1 is 1.60 bits per heavy atom. The van der Waals surface area contributed by atoms with Gasteiger partial charge in [-0.2, -0.15) is 0 Å². The highest BCUT2D eigenvalue weighted by molar-refractivity contribution is 7.91. The quantitative estimate of drug-likeness (QED) is 0.557. The standard InChI is InChI=1S/C6H11NO2S/c7-3-6-1-5(6)2-10(8,9)4-6/h5H,1-4,7H2/t5-,6-/m0/s1. The van der Waals surface area contributed by atoms with E-state index in [9.17, 15) is 8.42 Å². The Kier molecular flexibility index (Phi) is 1.03. The molecule has 2 aliphatic rings. The lowest BCUT2D eigenvalue weighted by molar-refractivity contribution is 0.553. The van der Waals surface area contributed by atoms with E-state index in [2.05, 4.69) is 0 Å². The molecule has 0 amide bonds. The van der Waals surface area contributed by atoms with Crippen molar-refractivity contribution in [3.8, 4) is 0 Å². The van der Waals surface area contributed by atoms with Crippen LogP contribution in [0.1, 0.15) is 6.42 Å². The molecule has 0 spiro atoms. The van der Waals surface area contributed by atoms with Crippen molar-refractivity contribution in [2.24, 2.45) is 17.1 Å². The molecule has 1 aliphatic carbocycles. The van der Waals surface area contributed by atoms with Crippen LogP contribution in [-0.4, -0.2) is 26.5 Å². The Morgan fingerprint density at radius 2 is 2.30 bits per heavy atom. The highest BCUT2D eigenvalue weighted by Gasteiger charge is 2.61. The molecular formula is C6H11NO2S. The van der Waals surface area contributed by atoms with E-state index < -0.39 is 9.84 Å². The first-order valence-corrected chi connectivity index (χ1v) is 5.31. The van der Waals surface area contributed by atoms with Gasteiger partial charge in [-0.15, -0.1) is 0 Å². The lowest BCUT2D eigenvalue weighted by atomic mass is 10.1. The average Bonchev–Trinajstić information content (AvgIpc) is 2.36. The van der Waals surface area contributed by atoms with E-state index in [0.717, 1.165) is 6.42 Å². The Morgan fingerprint density at radius 3 is 2.60 bits per heavy atom. The van der Waals surface area contributed by atoms with Crippen molar-refractivity contribution in [3.05, 3.63) is 0 Å². The van der Waals surface area contributed by atoms with Gasteiger partial charge in [0.05, 0.1) is 11.5 Å². The fraction of sp³-hybridized carbons (Fsp3) is 1.00. The molecule has 0 aromatic rings. The molecule has 0 unspecified atom stereocenters. The fourth-order valence-electron chi connectivity index (χ4n) is 1.96. The minimum atomic E-state index is -2.70. The van der Waals surface area contributed by atoms with Gasteiger partial charge in [0.15, 0.2) is 9.84 Å². The van der Waals surface area contributed by atoms with E-state index in [0.29, 0.717) is 24.0 Å². The number of hydrogen-bond donors (Lipinski definition) is 1. The van der Waals surface area contributed by atoms with Crippen LogP contribution in [0.4, 0.5) is 0 Å². The number of hydrogen-bond acceptors (Lipinski definition) is 3. The summed E-state index contributed by atoms with van der Waals surface area (Å²) in [7, 11) is -2.70. The van der Waals surface area contributed by atoms with E-state index in [4.69, 9.17) is 5.73 Å². The van der Waals surface area contributed by atoms with Crippen molar-refractivity contribution in [1.82, 2.24) is 0 Å². The molecule has 2 rings (SSSR count). The highest BCUT2D eigenvalue weighted by atomic mass is 32.2. The molecule has 1 aliphatic heterocycles. The maximum absolute atomic E-state index is 11.0. The van der Waals surface area contributed by atoms with Gasteiger partial charge in [-0.05, 0) is 18.9 Å². The highest BCUT2D eigenvalue weighted by Crippen LogP contribution is 2.57. The summed E-state index contributed by atoms with van der Waals surface area (Å²) in [5.74, 6) is 1.15. The molecule has 2 N–H and O–H groups in total. The summed E-state index contributed by atoms with van der Waals surface area (Å²) in [4.78, 5) is 0. The first kappa shape index (κ1) is 6.61. The van der Waals surface area contributed by atoms with E-state index in [1.165, 1.54) is 0 Å². The lowest BCUT2D eigenvalue weighted by Gasteiger charge is -2.04. The van der Waals surface area contributed by atoms with Crippen molar-refractivity contribution in [2.45, 2.75) is 6.42 Å². The third-order valence-electron chi connectivity index (χ3n) is 2.73. The summed E-state index contributed by atoms with van der Waals surface area (Å²) in [6, 6.07) is 0. The smallest absolute Gasteiger partial charge is 0.151 e. The van der Waals surface area contributed by atoms with E-state index in [-0.39, 0.29) is 5.41 Å². The zero-order valence-electron chi connectivity index (χ0n) is 5.71. The third kappa shape index (κ3) is 0.720. The van der Waals surface area contributed by atoms with Crippen LogP contribution in [0.3, 0.4) is 0 Å². The summed E-state index contributed by atoms with van der Waals surface area (Å²) in [5.41, 5.74) is 5.49. The predicted octanol–water partition coefficient (Wildman–Crippen LogP) is -0.620. The van der Waals surface area contributed by atoms with Gasteiger partial charge in [0.25, 0.3) is 0 Å². The van der Waals surface area contributed by atoms with Gasteiger partial charge in [-0.3, -0.25) is 0 Å². The topological polar surface area (TPSA) is 60.2 Å². The second-order valence-corrected chi connectivity index (χ2v) is 5.63. The van der Waals surface area contributed by atoms with Crippen molar-refractivity contribution in [3.63, 3.8) is 0 Å². The molecule has 3 nitrogen and oxygen atoms in total. The zero-order valence-corrected chi connectivity index (χ0v) is 6.52. The van der Waals surface area contributed by atoms with Crippen LogP contribution >= 0.6 is 0 Å². The van der Waals surface area contributed by atoms with Gasteiger partial charge < -0.3 is 5.73 Å². The second kappa shape index (κ2) is 1.56. The monoisotopic (exact) mass is 161 g/mol. The van der Waals surface area contributed by atoms with E-state index in [1.807, 2.05) is 0 Å². The van der Waals surface area contributed by atoms with Crippen LogP contribution in [0.2, 0.25) is 0 Å². The molecule has 0 aromatic carbocycles. The molecule has 4 heteroatoms. The summed E-state index contributed by atoms with van der Waals surface area (Å²) in [6.07, 6.45) is 1.04. The van der Waals surface area contributed by atoms with E-state index >= 15 is 0 Å². The van der Waals surface area contributed by atoms with Crippen LogP contribution in [0, 0.1) is 11.3 Å². The first-order valence-electron chi connectivity index (χ1n) is 3.48. The molecule has 2 atom stereocenters. The number of fused-ring (bicyclic) bond motifs is 1. The molecular weight excluding hydrogens is 150 g/mol. The maximum atomic E-state index is 11.0. The SMILES string of the molecule is NC[C@]12C[C@H]1CS(=O)(=O)C2. The Balaban J connectivity index is 2.25. The molecule has 0 radical (unpaired) electrons. The lowest BCUT2D eigenvalue weighted by Crippen LogP contribution is -2.20. The van der Waals surface area contributed by atoms with Crippen molar-refractivity contribution in [2.75, 3.05) is 18.1 Å². The molecule has 2 fully saturated rings.